The standard InChI is InChI=1S/C9H11N5O8S/c10-7(15)6-5-11-8(23-6)9(16)12(1-3-21-13(17)18)2-4-22-14(19)20/h5H,1-4H2,(H2,10,15). The van der Waals surface area contributed by atoms with Gasteiger partial charge in [-0.15, -0.1) is 31.6 Å². The highest BCUT2D eigenvalue weighted by molar-refractivity contribution is 7.15. The molecule has 0 saturated heterocycles. The zero-order chi connectivity index (χ0) is 17.4. The van der Waals surface area contributed by atoms with E-state index in [9.17, 15) is 29.8 Å². The average Bonchev–Trinajstić information content (AvgIpc) is 2.94. The lowest BCUT2D eigenvalue weighted by atomic mass is 10.4. The topological polar surface area (TPSA) is 181 Å². The first-order valence-electron chi connectivity index (χ1n) is 5.90. The summed E-state index contributed by atoms with van der Waals surface area (Å²) >= 11 is 0.731. The smallest absolute Gasteiger partial charge is 0.294 e. The molecule has 23 heavy (non-hydrogen) atoms. The summed E-state index contributed by atoms with van der Waals surface area (Å²) in [6.07, 6.45) is 1.11. The number of amides is 2. The zero-order valence-corrected chi connectivity index (χ0v) is 12.3. The van der Waals surface area contributed by atoms with Crippen LogP contribution in [0.5, 0.6) is 0 Å². The van der Waals surface area contributed by atoms with Crippen LogP contribution in [-0.4, -0.2) is 58.2 Å². The van der Waals surface area contributed by atoms with Gasteiger partial charge >= 0.3 is 0 Å². The van der Waals surface area contributed by atoms with Gasteiger partial charge < -0.3 is 20.3 Å². The number of carbonyl (C=O) groups excluding carboxylic acids is 2. The Hall–Kier alpha value is -3.03. The van der Waals surface area contributed by atoms with E-state index in [0.717, 1.165) is 22.4 Å². The molecule has 126 valence electrons. The second-order valence-corrected chi connectivity index (χ2v) is 4.83. The summed E-state index contributed by atoms with van der Waals surface area (Å²) in [5.74, 6) is -1.46. The molecule has 0 saturated carbocycles. The van der Waals surface area contributed by atoms with Crippen molar-refractivity contribution in [2.45, 2.75) is 0 Å². The van der Waals surface area contributed by atoms with Gasteiger partial charge in [-0.05, 0) is 0 Å². The lowest BCUT2D eigenvalue weighted by molar-refractivity contribution is -0.758. The Morgan fingerprint density at radius 2 is 1.74 bits per heavy atom. The van der Waals surface area contributed by atoms with E-state index in [1.807, 2.05) is 0 Å². The van der Waals surface area contributed by atoms with Crippen LogP contribution in [0.3, 0.4) is 0 Å². The van der Waals surface area contributed by atoms with E-state index in [0.29, 0.717) is 0 Å². The van der Waals surface area contributed by atoms with E-state index in [1.165, 1.54) is 0 Å². The fraction of sp³-hybridized carbons (Fsp3) is 0.444. The number of rotatable bonds is 10. The molecule has 0 fully saturated rings. The van der Waals surface area contributed by atoms with Gasteiger partial charge in [0.2, 0.25) is 0 Å². The van der Waals surface area contributed by atoms with Gasteiger partial charge in [0.1, 0.15) is 18.1 Å². The van der Waals surface area contributed by atoms with Crippen molar-refractivity contribution >= 4 is 23.2 Å². The predicted octanol–water partition coefficient (Wildman–Crippen LogP) is -0.899. The number of thiazole rings is 1. The van der Waals surface area contributed by atoms with Gasteiger partial charge in [-0.3, -0.25) is 9.59 Å². The largest absolute Gasteiger partial charge is 0.365 e. The fourth-order valence-corrected chi connectivity index (χ4v) is 2.12. The maximum atomic E-state index is 12.2. The predicted molar refractivity (Wildman–Crippen MR) is 72.4 cm³/mol. The summed E-state index contributed by atoms with van der Waals surface area (Å²) in [6.45, 7) is -1.34. The van der Waals surface area contributed by atoms with Gasteiger partial charge in [-0.1, -0.05) is 0 Å². The molecule has 1 aromatic heterocycles. The van der Waals surface area contributed by atoms with Crippen molar-refractivity contribution in [3.8, 4) is 0 Å². The van der Waals surface area contributed by atoms with Crippen LogP contribution in [0.4, 0.5) is 0 Å². The normalized spacial score (nSPS) is 9.91. The van der Waals surface area contributed by atoms with Crippen LogP contribution in [0.15, 0.2) is 6.20 Å². The molecule has 0 aromatic carbocycles. The third-order valence-electron chi connectivity index (χ3n) is 2.33. The molecular weight excluding hydrogens is 338 g/mol. The highest BCUT2D eigenvalue weighted by Gasteiger charge is 2.21. The quantitative estimate of drug-likeness (QED) is 0.413. The van der Waals surface area contributed by atoms with E-state index in [-0.39, 0.29) is 23.0 Å². The molecule has 1 heterocycles. The van der Waals surface area contributed by atoms with Crippen LogP contribution in [0.25, 0.3) is 0 Å². The van der Waals surface area contributed by atoms with Crippen molar-refractivity contribution in [1.29, 1.82) is 0 Å². The average molecular weight is 349 g/mol. The van der Waals surface area contributed by atoms with Crippen LogP contribution in [0.1, 0.15) is 19.5 Å². The maximum Gasteiger partial charge on any atom is 0.294 e. The summed E-state index contributed by atoms with van der Waals surface area (Å²) in [7, 11) is 0. The van der Waals surface area contributed by atoms with Gasteiger partial charge in [0.15, 0.2) is 5.01 Å². The van der Waals surface area contributed by atoms with Gasteiger partial charge in [-0.2, -0.15) is 0 Å². The number of nitrogens with two attached hydrogens (primary N) is 1. The minimum absolute atomic E-state index is 0.0522. The van der Waals surface area contributed by atoms with E-state index >= 15 is 0 Å². The number of nitrogens with zero attached hydrogens (tertiary/aromatic N) is 4. The molecule has 0 aliphatic rings. The second kappa shape index (κ2) is 8.42. The molecule has 0 bridgehead atoms. The summed E-state index contributed by atoms with van der Waals surface area (Å²) in [6, 6.07) is 0. The summed E-state index contributed by atoms with van der Waals surface area (Å²) in [4.78, 5) is 56.4. The summed E-state index contributed by atoms with van der Waals surface area (Å²) in [5, 5.41) is 18.0. The van der Waals surface area contributed by atoms with Crippen molar-refractivity contribution in [3.05, 3.63) is 36.3 Å². The Kier molecular flexibility index (Phi) is 6.60. The number of carbonyl (C=O) groups is 2. The van der Waals surface area contributed by atoms with Crippen molar-refractivity contribution in [2.24, 2.45) is 5.73 Å². The third-order valence-corrected chi connectivity index (χ3v) is 3.33. The van der Waals surface area contributed by atoms with Crippen molar-refractivity contribution in [2.75, 3.05) is 26.3 Å². The van der Waals surface area contributed by atoms with Crippen LogP contribution >= 0.6 is 11.3 Å². The van der Waals surface area contributed by atoms with Gasteiger partial charge in [0.05, 0.1) is 6.20 Å². The third kappa shape index (κ3) is 6.08. The molecule has 0 unspecified atom stereocenters. The monoisotopic (exact) mass is 349 g/mol. The van der Waals surface area contributed by atoms with Crippen LogP contribution < -0.4 is 5.73 Å². The summed E-state index contributed by atoms with van der Waals surface area (Å²) < 4.78 is 0. The number of aromatic nitrogens is 1. The van der Waals surface area contributed by atoms with E-state index in [4.69, 9.17) is 5.73 Å². The van der Waals surface area contributed by atoms with Crippen LogP contribution in [0.2, 0.25) is 0 Å². The summed E-state index contributed by atoms with van der Waals surface area (Å²) in [5.41, 5.74) is 5.05. The van der Waals surface area contributed by atoms with Crippen LogP contribution in [0, 0.1) is 20.2 Å². The molecule has 1 rings (SSSR count). The van der Waals surface area contributed by atoms with Gasteiger partial charge in [0, 0.05) is 13.1 Å². The highest BCUT2D eigenvalue weighted by Crippen LogP contribution is 2.14. The van der Waals surface area contributed by atoms with E-state index in [2.05, 4.69) is 14.7 Å². The molecule has 2 amide bonds. The Morgan fingerprint density at radius 1 is 1.22 bits per heavy atom. The highest BCUT2D eigenvalue weighted by atomic mass is 32.1. The second-order valence-electron chi connectivity index (χ2n) is 3.80. The Bertz CT molecular complexity index is 585. The molecule has 13 nitrogen and oxygen atoms in total. The van der Waals surface area contributed by atoms with Crippen molar-refractivity contribution in [3.63, 3.8) is 0 Å². The number of hydrogen-bond acceptors (Lipinski definition) is 10. The van der Waals surface area contributed by atoms with E-state index < -0.39 is 35.2 Å². The Morgan fingerprint density at radius 3 is 2.13 bits per heavy atom. The zero-order valence-electron chi connectivity index (χ0n) is 11.4. The van der Waals surface area contributed by atoms with Crippen LogP contribution in [-0.2, 0) is 9.68 Å². The molecule has 0 radical (unpaired) electrons. The SMILES string of the molecule is NC(=O)c1cnc(C(=O)N(CCO[N+](=O)[O-])CCO[N+](=O)[O-])s1. The fourth-order valence-electron chi connectivity index (χ4n) is 1.39. The minimum Gasteiger partial charge on any atom is -0.365 e. The molecule has 2 N–H and O–H groups in total. The minimum atomic E-state index is -1.04. The Balaban J connectivity index is 2.74. The molecule has 14 heteroatoms. The molecular formula is C9H11N5O8S. The lowest BCUT2D eigenvalue weighted by Crippen LogP contribution is -2.37. The number of hydrogen-bond donors (Lipinski definition) is 1. The van der Waals surface area contributed by atoms with Crippen molar-refractivity contribution < 1.29 is 29.4 Å². The molecule has 0 atom stereocenters. The first-order valence-corrected chi connectivity index (χ1v) is 6.72. The van der Waals surface area contributed by atoms with Gasteiger partial charge in [-0.25, -0.2) is 4.98 Å². The van der Waals surface area contributed by atoms with Gasteiger partial charge in [0.25, 0.3) is 22.0 Å². The molecule has 1 aromatic rings. The first kappa shape index (κ1) is 18.0. The molecule has 0 aliphatic heterocycles. The Labute approximate surface area is 131 Å². The molecule has 0 aliphatic carbocycles. The molecule has 0 spiro atoms. The number of primary amides is 1. The lowest BCUT2D eigenvalue weighted by Gasteiger charge is -2.20. The maximum absolute atomic E-state index is 12.2. The van der Waals surface area contributed by atoms with Crippen molar-refractivity contribution in [1.82, 2.24) is 9.88 Å². The van der Waals surface area contributed by atoms with E-state index in [1.54, 1.807) is 0 Å². The first-order chi connectivity index (χ1) is 10.8.